The van der Waals surface area contributed by atoms with Gasteiger partial charge >= 0.3 is 5.97 Å². The SMILES string of the molecule is C=C(C)C(=O)OCCCC(C)CCC. The minimum atomic E-state index is -0.270. The van der Waals surface area contributed by atoms with Crippen LogP contribution in [0.15, 0.2) is 12.2 Å². The zero-order valence-electron chi connectivity index (χ0n) is 9.64. The largest absolute Gasteiger partial charge is 0.462 e. The maximum atomic E-state index is 11.0. The molecule has 0 aromatic rings. The molecule has 0 aromatic carbocycles. The van der Waals surface area contributed by atoms with E-state index in [0.717, 1.165) is 18.8 Å². The van der Waals surface area contributed by atoms with Crippen LogP contribution in [0.4, 0.5) is 0 Å². The lowest BCUT2D eigenvalue weighted by Crippen LogP contribution is -2.07. The fourth-order valence-corrected chi connectivity index (χ4v) is 1.36. The molecule has 0 heterocycles. The van der Waals surface area contributed by atoms with Crippen LogP contribution >= 0.6 is 0 Å². The Hall–Kier alpha value is -0.790. The van der Waals surface area contributed by atoms with Crippen LogP contribution in [-0.4, -0.2) is 12.6 Å². The zero-order valence-corrected chi connectivity index (χ0v) is 9.64. The average molecular weight is 198 g/mol. The first-order chi connectivity index (χ1) is 6.57. The summed E-state index contributed by atoms with van der Waals surface area (Å²) in [6.07, 6.45) is 4.58. The summed E-state index contributed by atoms with van der Waals surface area (Å²) >= 11 is 0. The van der Waals surface area contributed by atoms with Gasteiger partial charge in [0.25, 0.3) is 0 Å². The second-order valence-electron chi connectivity index (χ2n) is 3.95. The van der Waals surface area contributed by atoms with Gasteiger partial charge in [-0.3, -0.25) is 0 Å². The minimum Gasteiger partial charge on any atom is -0.462 e. The number of carbonyl (C=O) groups excluding carboxylic acids is 1. The molecule has 0 aromatic heterocycles. The predicted molar refractivity (Wildman–Crippen MR) is 59.1 cm³/mol. The average Bonchev–Trinajstić information content (AvgIpc) is 2.12. The van der Waals surface area contributed by atoms with Crippen molar-refractivity contribution < 1.29 is 9.53 Å². The van der Waals surface area contributed by atoms with Crippen molar-refractivity contribution in [3.8, 4) is 0 Å². The molecule has 0 N–H and O–H groups in total. The Labute approximate surface area is 87.3 Å². The highest BCUT2D eigenvalue weighted by Crippen LogP contribution is 2.12. The first-order valence-corrected chi connectivity index (χ1v) is 5.40. The third kappa shape index (κ3) is 6.70. The maximum Gasteiger partial charge on any atom is 0.333 e. The molecule has 1 atom stereocenters. The Balaban J connectivity index is 3.37. The third-order valence-electron chi connectivity index (χ3n) is 2.20. The Morgan fingerprint density at radius 3 is 2.57 bits per heavy atom. The highest BCUT2D eigenvalue weighted by molar-refractivity contribution is 5.86. The molecule has 0 rings (SSSR count). The van der Waals surface area contributed by atoms with Crippen LogP contribution in [0.2, 0.25) is 0 Å². The Kier molecular flexibility index (Phi) is 7.17. The molecule has 0 amide bonds. The van der Waals surface area contributed by atoms with Gasteiger partial charge in [-0.05, 0) is 25.7 Å². The van der Waals surface area contributed by atoms with Gasteiger partial charge in [-0.2, -0.15) is 0 Å². The van der Waals surface area contributed by atoms with Gasteiger partial charge in [0.05, 0.1) is 6.61 Å². The molecule has 0 fully saturated rings. The molecule has 0 aliphatic heterocycles. The van der Waals surface area contributed by atoms with Gasteiger partial charge in [-0.15, -0.1) is 0 Å². The van der Waals surface area contributed by atoms with E-state index >= 15 is 0 Å². The molecule has 0 saturated heterocycles. The lowest BCUT2D eigenvalue weighted by atomic mass is 10.0. The molecule has 14 heavy (non-hydrogen) atoms. The lowest BCUT2D eigenvalue weighted by Gasteiger charge is -2.09. The van der Waals surface area contributed by atoms with E-state index in [9.17, 15) is 4.79 Å². The van der Waals surface area contributed by atoms with E-state index in [2.05, 4.69) is 20.4 Å². The van der Waals surface area contributed by atoms with Crippen LogP contribution in [0.3, 0.4) is 0 Å². The summed E-state index contributed by atoms with van der Waals surface area (Å²) in [7, 11) is 0. The van der Waals surface area contributed by atoms with Crippen molar-refractivity contribution in [2.75, 3.05) is 6.61 Å². The van der Waals surface area contributed by atoms with E-state index in [1.165, 1.54) is 12.8 Å². The van der Waals surface area contributed by atoms with Crippen LogP contribution in [-0.2, 0) is 9.53 Å². The molecule has 0 radical (unpaired) electrons. The molecule has 0 spiro atoms. The molecule has 0 saturated carbocycles. The lowest BCUT2D eigenvalue weighted by molar-refractivity contribution is -0.139. The van der Waals surface area contributed by atoms with E-state index in [1.54, 1.807) is 6.92 Å². The summed E-state index contributed by atoms with van der Waals surface area (Å²) in [4.78, 5) is 11.0. The van der Waals surface area contributed by atoms with Crippen LogP contribution in [0, 0.1) is 5.92 Å². The second-order valence-corrected chi connectivity index (χ2v) is 3.95. The van der Waals surface area contributed by atoms with Crippen molar-refractivity contribution in [2.45, 2.75) is 46.5 Å². The van der Waals surface area contributed by atoms with E-state index in [4.69, 9.17) is 4.74 Å². The Bertz CT molecular complexity index is 185. The second kappa shape index (κ2) is 7.60. The first-order valence-electron chi connectivity index (χ1n) is 5.40. The van der Waals surface area contributed by atoms with E-state index in [1.807, 2.05) is 0 Å². The first kappa shape index (κ1) is 13.2. The fourth-order valence-electron chi connectivity index (χ4n) is 1.36. The van der Waals surface area contributed by atoms with Gasteiger partial charge in [-0.25, -0.2) is 4.79 Å². The van der Waals surface area contributed by atoms with Crippen molar-refractivity contribution in [1.29, 1.82) is 0 Å². The standard InChI is InChI=1S/C12H22O2/c1-5-7-11(4)8-6-9-14-12(13)10(2)3/h11H,2,5-9H2,1,3-4H3. The highest BCUT2D eigenvalue weighted by atomic mass is 16.5. The molecule has 1 unspecified atom stereocenters. The topological polar surface area (TPSA) is 26.3 Å². The minimum absolute atomic E-state index is 0.270. The Morgan fingerprint density at radius 1 is 1.43 bits per heavy atom. The van der Waals surface area contributed by atoms with E-state index < -0.39 is 0 Å². The summed E-state index contributed by atoms with van der Waals surface area (Å²) in [6.45, 7) is 10.2. The quantitative estimate of drug-likeness (QED) is 0.356. The van der Waals surface area contributed by atoms with Gasteiger partial charge in [-0.1, -0.05) is 33.3 Å². The number of hydrogen-bond acceptors (Lipinski definition) is 2. The summed E-state index contributed by atoms with van der Waals surface area (Å²) in [5.74, 6) is 0.469. The van der Waals surface area contributed by atoms with Gasteiger partial charge in [0.2, 0.25) is 0 Å². The number of hydrogen-bond donors (Lipinski definition) is 0. The van der Waals surface area contributed by atoms with Gasteiger partial charge in [0.15, 0.2) is 0 Å². The van der Waals surface area contributed by atoms with E-state index in [0.29, 0.717) is 12.2 Å². The van der Waals surface area contributed by atoms with Gasteiger partial charge < -0.3 is 4.74 Å². The number of esters is 1. The molecule has 0 aliphatic rings. The normalized spacial score (nSPS) is 12.2. The van der Waals surface area contributed by atoms with Crippen LogP contribution < -0.4 is 0 Å². The van der Waals surface area contributed by atoms with Crippen molar-refractivity contribution in [3.05, 3.63) is 12.2 Å². The van der Waals surface area contributed by atoms with Crippen LogP contribution in [0.1, 0.15) is 46.5 Å². The number of ether oxygens (including phenoxy) is 1. The summed E-state index contributed by atoms with van der Waals surface area (Å²) in [5.41, 5.74) is 0.478. The number of rotatable bonds is 7. The highest BCUT2D eigenvalue weighted by Gasteiger charge is 2.04. The van der Waals surface area contributed by atoms with E-state index in [-0.39, 0.29) is 5.97 Å². The molecule has 82 valence electrons. The van der Waals surface area contributed by atoms with Crippen molar-refractivity contribution in [3.63, 3.8) is 0 Å². The molecular formula is C12H22O2. The predicted octanol–water partition coefficient (Wildman–Crippen LogP) is 3.32. The Morgan fingerprint density at radius 2 is 2.07 bits per heavy atom. The summed E-state index contributed by atoms with van der Waals surface area (Å²) in [6, 6.07) is 0. The van der Waals surface area contributed by atoms with Crippen molar-refractivity contribution in [2.24, 2.45) is 5.92 Å². The summed E-state index contributed by atoms with van der Waals surface area (Å²) in [5, 5.41) is 0. The zero-order chi connectivity index (χ0) is 11.0. The fraction of sp³-hybridized carbons (Fsp3) is 0.750. The third-order valence-corrected chi connectivity index (χ3v) is 2.20. The monoisotopic (exact) mass is 198 g/mol. The van der Waals surface area contributed by atoms with Crippen molar-refractivity contribution in [1.82, 2.24) is 0 Å². The van der Waals surface area contributed by atoms with Gasteiger partial charge in [0, 0.05) is 5.57 Å². The van der Waals surface area contributed by atoms with Crippen LogP contribution in [0.25, 0.3) is 0 Å². The molecule has 2 heteroatoms. The molecule has 0 aliphatic carbocycles. The molecule has 0 bridgehead atoms. The van der Waals surface area contributed by atoms with Crippen LogP contribution in [0.5, 0.6) is 0 Å². The summed E-state index contributed by atoms with van der Waals surface area (Å²) < 4.78 is 4.99. The maximum absolute atomic E-state index is 11.0. The molecule has 2 nitrogen and oxygen atoms in total. The molecular weight excluding hydrogens is 176 g/mol. The number of carbonyl (C=O) groups is 1. The van der Waals surface area contributed by atoms with Gasteiger partial charge in [0.1, 0.15) is 0 Å². The van der Waals surface area contributed by atoms with Crippen molar-refractivity contribution >= 4 is 5.97 Å². The smallest absolute Gasteiger partial charge is 0.333 e.